The average Bonchev–Trinajstić information content (AvgIpc) is 2.69. The highest BCUT2D eigenvalue weighted by Gasteiger charge is 2.46. The molecule has 3 rings (SSSR count). The van der Waals surface area contributed by atoms with Crippen LogP contribution in [0.1, 0.15) is 11.1 Å². The molecule has 0 aliphatic carbocycles. The Balaban J connectivity index is 1.69. The van der Waals surface area contributed by atoms with Crippen LogP contribution in [-0.4, -0.2) is 52.6 Å². The number of rotatable bonds is 7. The van der Waals surface area contributed by atoms with E-state index in [0.29, 0.717) is 0 Å². The van der Waals surface area contributed by atoms with Gasteiger partial charge < -0.3 is 29.5 Å². The van der Waals surface area contributed by atoms with Crippen LogP contribution in [0.5, 0.6) is 0 Å². The highest BCUT2D eigenvalue weighted by atomic mass is 16.7. The Kier molecular flexibility index (Phi) is 6.73. The Morgan fingerprint density at radius 1 is 0.769 bits per heavy atom. The molecule has 2 aromatic rings. The Morgan fingerprint density at radius 3 is 1.77 bits per heavy atom. The summed E-state index contributed by atoms with van der Waals surface area (Å²) < 4.78 is 16.9. The van der Waals surface area contributed by atoms with Crippen molar-refractivity contribution in [2.75, 3.05) is 6.61 Å². The first-order valence-electron chi connectivity index (χ1n) is 8.62. The van der Waals surface area contributed by atoms with Crippen LogP contribution in [-0.2, 0) is 27.4 Å². The molecular weight excluding hydrogens is 336 g/mol. The summed E-state index contributed by atoms with van der Waals surface area (Å²) in [6.07, 6.45) is -5.06. The molecule has 0 aromatic heterocycles. The third-order valence-electron chi connectivity index (χ3n) is 4.39. The quantitative estimate of drug-likeness (QED) is 0.688. The maximum atomic E-state index is 10.5. The van der Waals surface area contributed by atoms with E-state index in [9.17, 15) is 15.3 Å². The van der Waals surface area contributed by atoms with E-state index in [1.807, 2.05) is 60.7 Å². The molecule has 6 heteroatoms. The van der Waals surface area contributed by atoms with Gasteiger partial charge in [0.15, 0.2) is 6.29 Å². The molecule has 5 atom stereocenters. The normalized spacial score (nSPS) is 28.8. The van der Waals surface area contributed by atoms with Crippen molar-refractivity contribution in [3.63, 3.8) is 0 Å². The topological polar surface area (TPSA) is 88.4 Å². The number of hydrogen-bond donors (Lipinski definition) is 3. The van der Waals surface area contributed by atoms with Crippen LogP contribution in [0.3, 0.4) is 0 Å². The second-order valence-electron chi connectivity index (χ2n) is 6.26. The van der Waals surface area contributed by atoms with Crippen molar-refractivity contribution in [1.29, 1.82) is 0 Å². The van der Waals surface area contributed by atoms with Gasteiger partial charge in [0.2, 0.25) is 0 Å². The predicted octanol–water partition coefficient (Wildman–Crippen LogP) is 1.23. The standard InChI is InChI=1S/C20H24O6/c21-11-16-17(22)18(24-12-14-7-3-1-4-8-14)19(20(23)26-16)25-13-15-9-5-2-6-10-15/h1-10,16-23H,11-13H2/t16?,17-,18?,19?,20+/m1/s1. The lowest BCUT2D eigenvalue weighted by Gasteiger charge is -2.42. The fourth-order valence-electron chi connectivity index (χ4n) is 2.96. The largest absolute Gasteiger partial charge is 0.394 e. The first-order chi connectivity index (χ1) is 12.7. The molecule has 0 bridgehead atoms. The summed E-state index contributed by atoms with van der Waals surface area (Å²) in [6, 6.07) is 19.0. The fourth-order valence-corrected chi connectivity index (χ4v) is 2.96. The maximum Gasteiger partial charge on any atom is 0.184 e. The molecule has 1 heterocycles. The highest BCUT2D eigenvalue weighted by Crippen LogP contribution is 2.26. The summed E-state index contributed by atoms with van der Waals surface area (Å²) in [5, 5.41) is 30.2. The third kappa shape index (κ3) is 4.67. The molecule has 140 valence electrons. The van der Waals surface area contributed by atoms with Crippen LogP contribution in [0.4, 0.5) is 0 Å². The molecule has 0 amide bonds. The second kappa shape index (κ2) is 9.23. The van der Waals surface area contributed by atoms with E-state index in [2.05, 4.69) is 0 Å². The zero-order chi connectivity index (χ0) is 18.4. The van der Waals surface area contributed by atoms with E-state index in [0.717, 1.165) is 11.1 Å². The Morgan fingerprint density at radius 2 is 1.27 bits per heavy atom. The van der Waals surface area contributed by atoms with Gasteiger partial charge in [-0.15, -0.1) is 0 Å². The van der Waals surface area contributed by atoms with Crippen LogP contribution < -0.4 is 0 Å². The monoisotopic (exact) mass is 360 g/mol. The van der Waals surface area contributed by atoms with Crippen molar-refractivity contribution in [3.8, 4) is 0 Å². The van der Waals surface area contributed by atoms with E-state index in [-0.39, 0.29) is 13.2 Å². The van der Waals surface area contributed by atoms with Gasteiger partial charge in [0.1, 0.15) is 24.4 Å². The molecule has 1 aliphatic rings. The minimum absolute atomic E-state index is 0.244. The van der Waals surface area contributed by atoms with Crippen LogP contribution in [0, 0.1) is 0 Å². The van der Waals surface area contributed by atoms with Crippen LogP contribution >= 0.6 is 0 Å². The van der Waals surface area contributed by atoms with Crippen molar-refractivity contribution in [2.24, 2.45) is 0 Å². The van der Waals surface area contributed by atoms with E-state index >= 15 is 0 Å². The number of hydrogen-bond acceptors (Lipinski definition) is 6. The smallest absolute Gasteiger partial charge is 0.184 e. The fraction of sp³-hybridized carbons (Fsp3) is 0.400. The minimum Gasteiger partial charge on any atom is -0.394 e. The van der Waals surface area contributed by atoms with Gasteiger partial charge in [-0.1, -0.05) is 60.7 Å². The van der Waals surface area contributed by atoms with E-state index < -0.39 is 37.3 Å². The summed E-state index contributed by atoms with van der Waals surface area (Å²) >= 11 is 0. The minimum atomic E-state index is -1.31. The Bertz CT molecular complexity index is 650. The summed E-state index contributed by atoms with van der Waals surface area (Å²) in [6.45, 7) is 0.0705. The molecule has 2 aromatic carbocycles. The summed E-state index contributed by atoms with van der Waals surface area (Å²) in [5.74, 6) is 0. The zero-order valence-electron chi connectivity index (χ0n) is 14.3. The van der Waals surface area contributed by atoms with E-state index in [1.54, 1.807) is 0 Å². The number of aliphatic hydroxyl groups is 3. The summed E-state index contributed by atoms with van der Waals surface area (Å²) in [4.78, 5) is 0. The molecule has 1 saturated heterocycles. The van der Waals surface area contributed by atoms with E-state index in [4.69, 9.17) is 14.2 Å². The van der Waals surface area contributed by atoms with E-state index in [1.165, 1.54) is 0 Å². The molecule has 6 nitrogen and oxygen atoms in total. The lowest BCUT2D eigenvalue weighted by Crippen LogP contribution is -2.60. The van der Waals surface area contributed by atoms with Gasteiger partial charge in [-0.25, -0.2) is 0 Å². The molecule has 3 N–H and O–H groups in total. The molecule has 1 aliphatic heterocycles. The number of ether oxygens (including phenoxy) is 3. The zero-order valence-corrected chi connectivity index (χ0v) is 14.3. The van der Waals surface area contributed by atoms with Gasteiger partial charge in [0.05, 0.1) is 19.8 Å². The summed E-state index contributed by atoms with van der Waals surface area (Å²) in [5.41, 5.74) is 1.86. The molecule has 0 saturated carbocycles. The van der Waals surface area contributed by atoms with Crippen LogP contribution in [0.15, 0.2) is 60.7 Å². The molecule has 0 spiro atoms. The third-order valence-corrected chi connectivity index (χ3v) is 4.39. The predicted molar refractivity (Wildman–Crippen MR) is 94.0 cm³/mol. The van der Waals surface area contributed by atoms with Crippen molar-refractivity contribution in [3.05, 3.63) is 71.8 Å². The molecule has 1 fully saturated rings. The highest BCUT2D eigenvalue weighted by molar-refractivity contribution is 5.14. The van der Waals surface area contributed by atoms with Gasteiger partial charge >= 0.3 is 0 Å². The number of aliphatic hydroxyl groups excluding tert-OH is 3. The van der Waals surface area contributed by atoms with Gasteiger partial charge in [0, 0.05) is 0 Å². The second-order valence-corrected chi connectivity index (χ2v) is 6.26. The van der Waals surface area contributed by atoms with Crippen molar-refractivity contribution in [2.45, 2.75) is 43.9 Å². The van der Waals surface area contributed by atoms with Crippen molar-refractivity contribution in [1.82, 2.24) is 0 Å². The first kappa shape index (κ1) is 19.0. The van der Waals surface area contributed by atoms with Crippen molar-refractivity contribution >= 4 is 0 Å². The van der Waals surface area contributed by atoms with Gasteiger partial charge in [-0.3, -0.25) is 0 Å². The maximum absolute atomic E-state index is 10.5. The molecule has 0 radical (unpaired) electrons. The van der Waals surface area contributed by atoms with Gasteiger partial charge in [-0.2, -0.15) is 0 Å². The number of benzene rings is 2. The van der Waals surface area contributed by atoms with Crippen LogP contribution in [0.2, 0.25) is 0 Å². The molecular formula is C20H24O6. The van der Waals surface area contributed by atoms with Crippen LogP contribution in [0.25, 0.3) is 0 Å². The SMILES string of the molecule is OCC1O[C@H](O)C(OCc2ccccc2)C(OCc2ccccc2)[C@@H]1O. The van der Waals surface area contributed by atoms with Gasteiger partial charge in [0.25, 0.3) is 0 Å². The lowest BCUT2D eigenvalue weighted by molar-refractivity contribution is -0.307. The van der Waals surface area contributed by atoms with Gasteiger partial charge in [-0.05, 0) is 11.1 Å². The molecule has 3 unspecified atom stereocenters. The van der Waals surface area contributed by atoms with Crippen molar-refractivity contribution < 1.29 is 29.5 Å². The first-order valence-corrected chi connectivity index (χ1v) is 8.62. The summed E-state index contributed by atoms with van der Waals surface area (Å²) in [7, 11) is 0. The Labute approximate surface area is 152 Å². The lowest BCUT2D eigenvalue weighted by atomic mass is 9.98. The average molecular weight is 360 g/mol. The Hall–Kier alpha value is -1.80. The molecule has 26 heavy (non-hydrogen) atoms.